The molecule has 0 aliphatic rings. The van der Waals surface area contributed by atoms with E-state index in [2.05, 4.69) is 16.0 Å². The molecule has 0 spiro atoms. The van der Waals surface area contributed by atoms with Crippen molar-refractivity contribution in [2.45, 2.75) is 24.0 Å². The molecule has 0 bridgehead atoms. The summed E-state index contributed by atoms with van der Waals surface area (Å²) in [5.41, 5.74) is 5.55. The SMILES string of the molecule is Cc1cccc(C)c1NC(=O)C(Sc1cccc(NC(=O)/C(=C/c2ccsc2)NC(=O)c2ccccc2)c1)c1ccccc1. The maximum absolute atomic E-state index is 13.7. The van der Waals surface area contributed by atoms with Crippen molar-refractivity contribution < 1.29 is 14.4 Å². The zero-order valence-corrected chi connectivity index (χ0v) is 25.9. The lowest BCUT2D eigenvalue weighted by atomic mass is 10.1. The molecule has 1 aromatic heterocycles. The molecule has 6 nitrogen and oxygen atoms in total. The highest BCUT2D eigenvalue weighted by Gasteiger charge is 2.24. The van der Waals surface area contributed by atoms with Crippen LogP contribution >= 0.6 is 23.1 Å². The molecule has 4 aromatic carbocycles. The molecule has 1 heterocycles. The van der Waals surface area contributed by atoms with Gasteiger partial charge in [-0.3, -0.25) is 14.4 Å². The van der Waals surface area contributed by atoms with Crippen molar-refractivity contribution in [3.63, 3.8) is 0 Å². The summed E-state index contributed by atoms with van der Waals surface area (Å²) in [5.74, 6) is -0.986. The van der Waals surface area contributed by atoms with E-state index in [1.807, 2.05) is 103 Å². The Morgan fingerprint density at radius 1 is 0.773 bits per heavy atom. The van der Waals surface area contributed by atoms with Gasteiger partial charge in [-0.1, -0.05) is 72.8 Å². The van der Waals surface area contributed by atoms with Crippen molar-refractivity contribution in [2.24, 2.45) is 0 Å². The van der Waals surface area contributed by atoms with Gasteiger partial charge in [0.2, 0.25) is 5.91 Å². The smallest absolute Gasteiger partial charge is 0.272 e. The normalized spacial score (nSPS) is 11.8. The Hall–Kier alpha value is -4.92. The average molecular weight is 618 g/mol. The van der Waals surface area contributed by atoms with Gasteiger partial charge in [0, 0.05) is 21.8 Å². The summed E-state index contributed by atoms with van der Waals surface area (Å²) < 4.78 is 0. The Kier molecular flexibility index (Phi) is 10.1. The molecule has 8 heteroatoms. The van der Waals surface area contributed by atoms with E-state index in [0.717, 1.165) is 32.8 Å². The Labute approximate surface area is 265 Å². The molecular formula is C36H31N3O3S2. The van der Waals surface area contributed by atoms with Crippen LogP contribution in [0.15, 0.2) is 131 Å². The number of hydrogen-bond donors (Lipinski definition) is 3. The van der Waals surface area contributed by atoms with E-state index >= 15 is 0 Å². The van der Waals surface area contributed by atoms with Gasteiger partial charge in [0.1, 0.15) is 10.9 Å². The van der Waals surface area contributed by atoms with Gasteiger partial charge in [-0.15, -0.1) is 11.8 Å². The van der Waals surface area contributed by atoms with Gasteiger partial charge in [-0.05, 0) is 89.3 Å². The molecule has 0 saturated carbocycles. The van der Waals surface area contributed by atoms with Crippen LogP contribution in [0.3, 0.4) is 0 Å². The first-order valence-electron chi connectivity index (χ1n) is 14.0. The Balaban J connectivity index is 1.37. The zero-order valence-electron chi connectivity index (χ0n) is 24.2. The third kappa shape index (κ3) is 7.92. The summed E-state index contributed by atoms with van der Waals surface area (Å²) in [5, 5.41) is 12.1. The lowest BCUT2D eigenvalue weighted by molar-refractivity contribution is -0.116. The third-order valence-corrected chi connectivity index (χ3v) is 8.75. The molecular weight excluding hydrogens is 587 g/mol. The van der Waals surface area contributed by atoms with Crippen LogP contribution in [0.1, 0.15) is 37.9 Å². The van der Waals surface area contributed by atoms with Crippen molar-refractivity contribution in [3.05, 3.63) is 153 Å². The largest absolute Gasteiger partial charge is 0.324 e. The predicted octanol–water partition coefficient (Wildman–Crippen LogP) is 8.25. The minimum absolute atomic E-state index is 0.116. The molecule has 44 heavy (non-hydrogen) atoms. The molecule has 0 saturated heterocycles. The van der Waals surface area contributed by atoms with Gasteiger partial charge in [0.15, 0.2) is 0 Å². The summed E-state index contributed by atoms with van der Waals surface area (Å²) in [4.78, 5) is 40.9. The highest BCUT2D eigenvalue weighted by molar-refractivity contribution is 8.00. The van der Waals surface area contributed by atoms with Crippen LogP contribution < -0.4 is 16.0 Å². The Morgan fingerprint density at radius 3 is 2.14 bits per heavy atom. The monoisotopic (exact) mass is 617 g/mol. The topological polar surface area (TPSA) is 87.3 Å². The molecule has 3 amide bonds. The van der Waals surface area contributed by atoms with Gasteiger partial charge in [0.05, 0.1) is 0 Å². The number of carbonyl (C=O) groups excluding carboxylic acids is 3. The molecule has 3 N–H and O–H groups in total. The molecule has 0 radical (unpaired) electrons. The number of amides is 3. The van der Waals surface area contributed by atoms with Crippen LogP contribution in [-0.4, -0.2) is 17.7 Å². The summed E-state index contributed by atoms with van der Waals surface area (Å²) in [6.45, 7) is 3.95. The van der Waals surface area contributed by atoms with E-state index in [1.165, 1.54) is 23.1 Å². The Morgan fingerprint density at radius 2 is 1.45 bits per heavy atom. The van der Waals surface area contributed by atoms with E-state index in [4.69, 9.17) is 0 Å². The summed E-state index contributed by atoms with van der Waals surface area (Å²) in [7, 11) is 0. The molecule has 220 valence electrons. The maximum atomic E-state index is 13.7. The van der Waals surface area contributed by atoms with E-state index < -0.39 is 11.2 Å². The van der Waals surface area contributed by atoms with Crippen molar-refractivity contribution in [3.8, 4) is 0 Å². The zero-order chi connectivity index (χ0) is 30.9. The average Bonchev–Trinajstić information content (AvgIpc) is 3.55. The van der Waals surface area contributed by atoms with E-state index in [9.17, 15) is 14.4 Å². The third-order valence-electron chi connectivity index (χ3n) is 6.80. The second kappa shape index (κ2) is 14.5. The summed E-state index contributed by atoms with van der Waals surface area (Å²) in [6, 6.07) is 33.5. The fourth-order valence-electron chi connectivity index (χ4n) is 4.55. The van der Waals surface area contributed by atoms with Crippen LogP contribution in [0.2, 0.25) is 0 Å². The fourth-order valence-corrected chi connectivity index (χ4v) is 6.25. The molecule has 1 unspecified atom stereocenters. The number of nitrogens with one attached hydrogen (secondary N) is 3. The van der Waals surface area contributed by atoms with Gasteiger partial charge >= 0.3 is 0 Å². The van der Waals surface area contributed by atoms with Crippen molar-refractivity contribution >= 4 is 58.3 Å². The minimum Gasteiger partial charge on any atom is -0.324 e. The number of aryl methyl sites for hydroxylation is 2. The van der Waals surface area contributed by atoms with E-state index in [0.29, 0.717) is 11.3 Å². The van der Waals surface area contributed by atoms with Crippen LogP contribution in [0.5, 0.6) is 0 Å². The second-order valence-corrected chi connectivity index (χ2v) is 12.0. The number of hydrogen-bond acceptors (Lipinski definition) is 5. The molecule has 5 aromatic rings. The number of rotatable bonds is 10. The molecule has 0 aliphatic carbocycles. The number of benzene rings is 4. The standard InChI is InChI=1S/C36H31N3O3S2/c1-24-11-9-12-25(2)32(24)39-36(42)33(27-13-5-3-6-14-27)44-30-18-10-17-29(22-30)37-35(41)31(21-26-19-20-43-23-26)38-34(40)28-15-7-4-8-16-28/h3-23,33H,1-2H3,(H,37,41)(H,38,40)(H,39,42)/b31-21-. The number of carbonyl (C=O) groups is 3. The quantitative estimate of drug-likeness (QED) is 0.109. The van der Waals surface area contributed by atoms with Gasteiger partial charge in [-0.2, -0.15) is 11.3 Å². The first kappa shape index (κ1) is 30.5. The summed E-state index contributed by atoms with van der Waals surface area (Å²) in [6.07, 6.45) is 1.65. The second-order valence-electron chi connectivity index (χ2n) is 10.1. The lowest BCUT2D eigenvalue weighted by Gasteiger charge is -2.19. The van der Waals surface area contributed by atoms with Crippen LogP contribution in [0.25, 0.3) is 6.08 Å². The number of anilines is 2. The fraction of sp³-hybridized carbons (Fsp3) is 0.0833. The van der Waals surface area contributed by atoms with Crippen LogP contribution in [0, 0.1) is 13.8 Å². The number of para-hydroxylation sites is 1. The van der Waals surface area contributed by atoms with E-state index in [1.54, 1.807) is 36.4 Å². The Bertz CT molecular complexity index is 1770. The highest BCUT2D eigenvalue weighted by Crippen LogP contribution is 2.37. The van der Waals surface area contributed by atoms with Gasteiger partial charge in [-0.25, -0.2) is 0 Å². The van der Waals surface area contributed by atoms with Crippen molar-refractivity contribution in [1.29, 1.82) is 0 Å². The molecule has 1 atom stereocenters. The van der Waals surface area contributed by atoms with Crippen LogP contribution in [0.4, 0.5) is 11.4 Å². The van der Waals surface area contributed by atoms with E-state index in [-0.39, 0.29) is 17.5 Å². The van der Waals surface area contributed by atoms with Crippen molar-refractivity contribution in [2.75, 3.05) is 10.6 Å². The predicted molar refractivity (Wildman–Crippen MR) is 181 cm³/mol. The first-order valence-corrected chi connectivity index (χ1v) is 15.8. The molecule has 0 fully saturated rings. The molecule has 5 rings (SSSR count). The highest BCUT2D eigenvalue weighted by atomic mass is 32.2. The molecule has 0 aliphatic heterocycles. The van der Waals surface area contributed by atoms with Crippen LogP contribution in [-0.2, 0) is 9.59 Å². The first-order chi connectivity index (χ1) is 21.4. The lowest BCUT2D eigenvalue weighted by Crippen LogP contribution is -2.30. The minimum atomic E-state index is -0.541. The number of thioether (sulfide) groups is 1. The number of thiophene rings is 1. The maximum Gasteiger partial charge on any atom is 0.272 e. The summed E-state index contributed by atoms with van der Waals surface area (Å²) >= 11 is 2.89. The van der Waals surface area contributed by atoms with Crippen molar-refractivity contribution in [1.82, 2.24) is 5.32 Å². The van der Waals surface area contributed by atoms with Gasteiger partial charge < -0.3 is 16.0 Å². The van der Waals surface area contributed by atoms with Gasteiger partial charge in [0.25, 0.3) is 11.8 Å².